The van der Waals surface area contributed by atoms with E-state index in [1.807, 2.05) is 0 Å². The predicted molar refractivity (Wildman–Crippen MR) is 72.0 cm³/mol. The summed E-state index contributed by atoms with van der Waals surface area (Å²) in [5.74, 6) is -2.71. The maximum atomic E-state index is 12.4. The smallest absolute Gasteiger partial charge is 0.382 e. The van der Waals surface area contributed by atoms with Crippen LogP contribution in [0.25, 0.3) is 0 Å². The van der Waals surface area contributed by atoms with Crippen LogP contribution < -0.4 is 5.32 Å². The Bertz CT molecular complexity index is 513. The fraction of sp³-hybridized carbons (Fsp3) is 0.417. The lowest BCUT2D eigenvalue weighted by Crippen LogP contribution is -2.43. The largest absolute Gasteiger partial charge is 0.416 e. The molecule has 0 heterocycles. The van der Waals surface area contributed by atoms with Gasteiger partial charge in [-0.15, -0.1) is 0 Å². The normalized spacial score (nSPS) is 13.1. The first-order chi connectivity index (χ1) is 10.1. The van der Waals surface area contributed by atoms with E-state index in [4.69, 9.17) is 5.11 Å². The molecule has 0 radical (unpaired) electrons. The summed E-state index contributed by atoms with van der Waals surface area (Å²) in [6.07, 6.45) is -7.54. The zero-order valence-electron chi connectivity index (χ0n) is 11.3. The van der Waals surface area contributed by atoms with Gasteiger partial charge >= 0.3 is 12.2 Å². The van der Waals surface area contributed by atoms with Gasteiger partial charge in [0.2, 0.25) is 0 Å². The number of carbonyl (C=O) groups is 1. The molecule has 2 N–H and O–H groups in total. The number of rotatable bonds is 5. The van der Waals surface area contributed by atoms with Crippen LogP contribution in [-0.2, 0) is 0 Å². The molecule has 0 saturated heterocycles. The van der Waals surface area contributed by atoms with Crippen molar-refractivity contribution in [1.82, 2.24) is 4.90 Å². The maximum absolute atomic E-state index is 12.4. The van der Waals surface area contributed by atoms with Crippen molar-refractivity contribution in [3.8, 4) is 0 Å². The first-order valence-electron chi connectivity index (χ1n) is 5.92. The third-order valence-corrected chi connectivity index (χ3v) is 3.30. The number of urea groups is 1. The van der Waals surface area contributed by atoms with Crippen LogP contribution in [0.1, 0.15) is 0 Å². The molecule has 1 aromatic carbocycles. The van der Waals surface area contributed by atoms with Crippen molar-refractivity contribution in [2.45, 2.75) is 22.9 Å². The topological polar surface area (TPSA) is 52.6 Å². The van der Waals surface area contributed by atoms with E-state index in [2.05, 4.69) is 5.32 Å². The van der Waals surface area contributed by atoms with Gasteiger partial charge in [0.15, 0.2) is 6.10 Å². The van der Waals surface area contributed by atoms with Gasteiger partial charge in [-0.3, -0.25) is 0 Å². The molecular formula is C12H13F5N2O2S. The summed E-state index contributed by atoms with van der Waals surface area (Å²) in [5.41, 5.74) is 0.0474. The van der Waals surface area contributed by atoms with Crippen LogP contribution in [-0.4, -0.2) is 47.7 Å². The lowest BCUT2D eigenvalue weighted by atomic mass is 10.3. The van der Waals surface area contributed by atoms with Gasteiger partial charge in [-0.25, -0.2) is 4.79 Å². The second-order valence-corrected chi connectivity index (χ2v) is 5.27. The number of para-hydroxylation sites is 1. The third kappa shape index (κ3) is 5.68. The van der Waals surface area contributed by atoms with Gasteiger partial charge in [0.05, 0.1) is 12.2 Å². The molecule has 0 bridgehead atoms. The number of aliphatic hydroxyl groups is 1. The van der Waals surface area contributed by atoms with E-state index >= 15 is 0 Å². The van der Waals surface area contributed by atoms with Crippen molar-refractivity contribution in [3.63, 3.8) is 0 Å². The van der Waals surface area contributed by atoms with Gasteiger partial charge in [0.1, 0.15) is 0 Å². The molecule has 22 heavy (non-hydrogen) atoms. The Morgan fingerprint density at radius 3 is 2.50 bits per heavy atom. The van der Waals surface area contributed by atoms with E-state index in [-0.39, 0.29) is 22.3 Å². The Labute approximate surface area is 127 Å². The molecule has 4 nitrogen and oxygen atoms in total. The minimum Gasteiger partial charge on any atom is -0.382 e. The van der Waals surface area contributed by atoms with Crippen LogP contribution in [0.3, 0.4) is 0 Å². The second kappa shape index (κ2) is 7.63. The number of alkyl halides is 5. The number of thioether (sulfide) groups is 1. The molecule has 1 unspecified atom stereocenters. The minimum absolute atomic E-state index is 0.0474. The Hall–Kier alpha value is -1.55. The fourth-order valence-corrected chi connectivity index (χ4v) is 2.02. The molecule has 0 fully saturated rings. The van der Waals surface area contributed by atoms with E-state index in [0.717, 1.165) is 7.05 Å². The van der Waals surface area contributed by atoms with Crippen LogP contribution >= 0.6 is 11.8 Å². The summed E-state index contributed by atoms with van der Waals surface area (Å²) in [6, 6.07) is 4.70. The highest BCUT2D eigenvalue weighted by Crippen LogP contribution is 2.31. The SMILES string of the molecule is CN(CC(O)C(F)(F)F)C(=O)Nc1ccccc1SC(F)F. The number of nitrogens with zero attached hydrogens (tertiary/aromatic N) is 1. The van der Waals surface area contributed by atoms with E-state index in [1.165, 1.54) is 24.3 Å². The number of hydrogen-bond acceptors (Lipinski definition) is 3. The molecule has 0 aliphatic rings. The van der Waals surface area contributed by atoms with Crippen molar-refractivity contribution >= 4 is 23.5 Å². The van der Waals surface area contributed by atoms with Crippen molar-refractivity contribution in [1.29, 1.82) is 0 Å². The number of benzene rings is 1. The highest BCUT2D eigenvalue weighted by molar-refractivity contribution is 7.99. The van der Waals surface area contributed by atoms with Gasteiger partial charge in [-0.2, -0.15) is 22.0 Å². The third-order valence-electron chi connectivity index (χ3n) is 2.52. The second-order valence-electron chi connectivity index (χ2n) is 4.24. The number of hydrogen-bond donors (Lipinski definition) is 2. The molecule has 2 amide bonds. The van der Waals surface area contributed by atoms with E-state index in [0.29, 0.717) is 4.90 Å². The number of likely N-dealkylation sites (N-methyl/N-ethyl adjacent to an activating group) is 1. The Morgan fingerprint density at radius 2 is 1.95 bits per heavy atom. The quantitative estimate of drug-likeness (QED) is 0.636. The Morgan fingerprint density at radius 1 is 1.36 bits per heavy atom. The summed E-state index contributed by atoms with van der Waals surface area (Å²) >= 11 is 0.201. The van der Waals surface area contributed by atoms with Crippen LogP contribution in [0.5, 0.6) is 0 Å². The van der Waals surface area contributed by atoms with Crippen molar-refractivity contribution in [2.75, 3.05) is 18.9 Å². The molecule has 1 atom stereocenters. The summed E-state index contributed by atoms with van der Waals surface area (Å²) in [5, 5.41) is 11.1. The summed E-state index contributed by atoms with van der Waals surface area (Å²) in [4.78, 5) is 12.4. The van der Waals surface area contributed by atoms with E-state index in [9.17, 15) is 26.7 Å². The summed E-state index contributed by atoms with van der Waals surface area (Å²) in [7, 11) is 1.05. The number of anilines is 1. The molecule has 10 heteroatoms. The Balaban J connectivity index is 2.72. The highest BCUT2D eigenvalue weighted by Gasteiger charge is 2.39. The van der Waals surface area contributed by atoms with Gasteiger partial charge < -0.3 is 15.3 Å². The molecule has 1 aromatic rings. The number of aliphatic hydroxyl groups excluding tert-OH is 1. The van der Waals surface area contributed by atoms with Crippen LogP contribution in [0.15, 0.2) is 29.2 Å². The van der Waals surface area contributed by atoms with Crippen LogP contribution in [0.4, 0.5) is 32.4 Å². The van der Waals surface area contributed by atoms with Gasteiger partial charge in [0.25, 0.3) is 5.76 Å². The van der Waals surface area contributed by atoms with Gasteiger partial charge in [-0.05, 0) is 12.1 Å². The molecule has 0 spiro atoms. The minimum atomic E-state index is -4.85. The molecule has 0 aliphatic carbocycles. The van der Waals surface area contributed by atoms with Crippen LogP contribution in [0.2, 0.25) is 0 Å². The molecule has 0 aliphatic heterocycles. The lowest BCUT2D eigenvalue weighted by Gasteiger charge is -2.23. The molecular weight excluding hydrogens is 331 g/mol. The fourth-order valence-electron chi connectivity index (χ4n) is 1.43. The lowest BCUT2D eigenvalue weighted by molar-refractivity contribution is -0.205. The first kappa shape index (κ1) is 18.5. The number of nitrogens with one attached hydrogen (secondary N) is 1. The average molecular weight is 344 g/mol. The Kier molecular flexibility index (Phi) is 6.42. The predicted octanol–water partition coefficient (Wildman–Crippen LogP) is 3.39. The van der Waals surface area contributed by atoms with Gasteiger partial charge in [0, 0.05) is 11.9 Å². The van der Waals surface area contributed by atoms with E-state index < -0.39 is 30.6 Å². The standard InChI is InChI=1S/C12H13F5N2O2S/c1-19(6-9(20)12(15,16)17)11(21)18-7-4-2-3-5-8(7)22-10(13)14/h2-5,9-10,20H,6H2,1H3,(H,18,21). The first-order valence-corrected chi connectivity index (χ1v) is 6.80. The van der Waals surface area contributed by atoms with Crippen molar-refractivity contribution in [3.05, 3.63) is 24.3 Å². The van der Waals surface area contributed by atoms with E-state index in [1.54, 1.807) is 0 Å². The number of carbonyl (C=O) groups excluding carboxylic acids is 1. The zero-order valence-corrected chi connectivity index (χ0v) is 12.1. The molecule has 0 aromatic heterocycles. The molecule has 1 rings (SSSR count). The molecule has 0 saturated carbocycles. The molecule has 124 valence electrons. The van der Waals surface area contributed by atoms with Crippen LogP contribution in [0, 0.1) is 0 Å². The highest BCUT2D eigenvalue weighted by atomic mass is 32.2. The average Bonchev–Trinajstić information content (AvgIpc) is 2.39. The van der Waals surface area contributed by atoms with Crippen molar-refractivity contribution in [2.24, 2.45) is 0 Å². The zero-order chi connectivity index (χ0) is 16.9. The van der Waals surface area contributed by atoms with Gasteiger partial charge in [-0.1, -0.05) is 23.9 Å². The number of amides is 2. The number of halogens is 5. The maximum Gasteiger partial charge on any atom is 0.416 e. The monoisotopic (exact) mass is 344 g/mol. The summed E-state index contributed by atoms with van der Waals surface area (Å²) in [6.45, 7) is -0.973. The van der Waals surface area contributed by atoms with Crippen molar-refractivity contribution < 1.29 is 31.9 Å². The summed E-state index contributed by atoms with van der Waals surface area (Å²) < 4.78 is 61.4.